The van der Waals surface area contributed by atoms with Gasteiger partial charge in [-0.2, -0.15) is 0 Å². The van der Waals surface area contributed by atoms with Crippen molar-refractivity contribution in [2.45, 2.75) is 90.4 Å². The second-order valence-corrected chi connectivity index (χ2v) is 6.89. The molecule has 0 heterocycles. The fraction of sp³-hybridized carbons (Fsp3) is 0.842. The lowest BCUT2D eigenvalue weighted by atomic mass is 10.1. The number of rotatable bonds is 11. The third kappa shape index (κ3) is 5.84. The van der Waals surface area contributed by atoms with Crippen LogP contribution in [0, 0.1) is 11.8 Å². The third-order valence-corrected chi connectivity index (χ3v) is 4.99. The summed E-state index contributed by atoms with van der Waals surface area (Å²) in [5.74, 6) is 2.25. The van der Waals surface area contributed by atoms with Gasteiger partial charge in [0.2, 0.25) is 0 Å². The van der Waals surface area contributed by atoms with E-state index in [2.05, 4.69) is 13.0 Å². The van der Waals surface area contributed by atoms with Crippen molar-refractivity contribution in [1.82, 2.24) is 0 Å². The summed E-state index contributed by atoms with van der Waals surface area (Å²) in [4.78, 5) is 11.8. The summed E-state index contributed by atoms with van der Waals surface area (Å²) in [5, 5.41) is 0. The van der Waals surface area contributed by atoms with Crippen LogP contribution in [0.5, 0.6) is 0 Å². The summed E-state index contributed by atoms with van der Waals surface area (Å²) in [7, 11) is 0. The molecule has 2 aliphatic carbocycles. The number of ether oxygens (including phenoxy) is 1. The Labute approximate surface area is 130 Å². The molecule has 0 aromatic carbocycles. The minimum atomic E-state index is -0.00301. The predicted molar refractivity (Wildman–Crippen MR) is 86.9 cm³/mol. The van der Waals surface area contributed by atoms with E-state index in [1.165, 1.54) is 70.6 Å². The molecule has 1 fully saturated rings. The topological polar surface area (TPSA) is 26.3 Å². The Hall–Kier alpha value is -0.790. The van der Waals surface area contributed by atoms with E-state index in [9.17, 15) is 4.79 Å². The molecule has 2 unspecified atom stereocenters. The lowest BCUT2D eigenvalue weighted by Crippen LogP contribution is -2.09. The van der Waals surface area contributed by atoms with Crippen LogP contribution in [0.4, 0.5) is 0 Å². The smallest absolute Gasteiger partial charge is 0.310 e. The summed E-state index contributed by atoms with van der Waals surface area (Å²) in [6, 6.07) is 0. The fourth-order valence-corrected chi connectivity index (χ4v) is 3.67. The zero-order chi connectivity index (χ0) is 14.9. The minimum Gasteiger partial charge on any atom is -0.431 e. The van der Waals surface area contributed by atoms with Crippen LogP contribution < -0.4 is 0 Å². The van der Waals surface area contributed by atoms with Gasteiger partial charge >= 0.3 is 5.97 Å². The van der Waals surface area contributed by atoms with Crippen molar-refractivity contribution in [3.05, 3.63) is 11.8 Å². The van der Waals surface area contributed by atoms with Crippen LogP contribution in [-0.2, 0) is 9.53 Å². The molecule has 2 aliphatic rings. The summed E-state index contributed by atoms with van der Waals surface area (Å²) < 4.78 is 5.54. The first-order valence-electron chi connectivity index (χ1n) is 9.22. The fourth-order valence-electron chi connectivity index (χ4n) is 3.67. The number of allylic oxidation sites excluding steroid dienone is 2. The maximum absolute atomic E-state index is 11.8. The zero-order valence-electron chi connectivity index (χ0n) is 13.7. The first-order valence-corrected chi connectivity index (χ1v) is 9.22. The molecule has 21 heavy (non-hydrogen) atoms. The number of fused-ring (bicyclic) bond motifs is 2. The van der Waals surface area contributed by atoms with Gasteiger partial charge in [-0.1, -0.05) is 58.3 Å². The molecule has 2 heteroatoms. The van der Waals surface area contributed by atoms with Crippen molar-refractivity contribution in [3.63, 3.8) is 0 Å². The van der Waals surface area contributed by atoms with Crippen LogP contribution in [0.1, 0.15) is 90.4 Å². The maximum Gasteiger partial charge on any atom is 0.310 e. The van der Waals surface area contributed by atoms with Gasteiger partial charge in [0.15, 0.2) is 0 Å². The first kappa shape index (κ1) is 16.6. The number of carbonyl (C=O) groups excluding carboxylic acids is 1. The highest BCUT2D eigenvalue weighted by Crippen LogP contribution is 2.44. The molecule has 2 atom stereocenters. The minimum absolute atomic E-state index is 0.00301. The van der Waals surface area contributed by atoms with Gasteiger partial charge in [0.05, 0.1) is 0 Å². The lowest BCUT2D eigenvalue weighted by molar-refractivity contribution is -0.140. The van der Waals surface area contributed by atoms with Crippen molar-refractivity contribution in [3.8, 4) is 0 Å². The number of hydrogen-bond acceptors (Lipinski definition) is 2. The molecule has 2 bridgehead atoms. The summed E-state index contributed by atoms with van der Waals surface area (Å²) in [5.41, 5.74) is 0. The Kier molecular flexibility index (Phi) is 7.32. The number of carbonyl (C=O) groups is 1. The van der Waals surface area contributed by atoms with Crippen LogP contribution in [0.15, 0.2) is 11.8 Å². The standard InChI is InChI=1S/C19H32O2/c1-2-3-4-5-6-7-8-9-10-11-19(20)21-18-15-16-12-13-17(18)14-16/h15-17H,2-14H2,1H3. The Bertz CT molecular complexity index is 345. The van der Waals surface area contributed by atoms with E-state index in [4.69, 9.17) is 4.74 Å². The van der Waals surface area contributed by atoms with Gasteiger partial charge in [-0.15, -0.1) is 0 Å². The van der Waals surface area contributed by atoms with Crippen molar-refractivity contribution >= 4 is 5.97 Å². The Morgan fingerprint density at radius 1 is 1.05 bits per heavy atom. The third-order valence-electron chi connectivity index (χ3n) is 4.99. The van der Waals surface area contributed by atoms with Crippen molar-refractivity contribution in [1.29, 1.82) is 0 Å². The van der Waals surface area contributed by atoms with Gasteiger partial charge in [-0.05, 0) is 37.7 Å². The van der Waals surface area contributed by atoms with E-state index in [-0.39, 0.29) is 5.97 Å². The van der Waals surface area contributed by atoms with E-state index < -0.39 is 0 Å². The second kappa shape index (κ2) is 9.27. The molecule has 0 amide bonds. The highest BCUT2D eigenvalue weighted by molar-refractivity contribution is 5.70. The molecule has 2 rings (SSSR count). The number of esters is 1. The Morgan fingerprint density at radius 2 is 1.71 bits per heavy atom. The highest BCUT2D eigenvalue weighted by atomic mass is 16.5. The molecular weight excluding hydrogens is 260 g/mol. The van der Waals surface area contributed by atoms with Crippen LogP contribution in [0.3, 0.4) is 0 Å². The molecule has 0 aliphatic heterocycles. The summed E-state index contributed by atoms with van der Waals surface area (Å²) in [6.07, 6.45) is 18.1. The normalized spacial score (nSPS) is 23.4. The highest BCUT2D eigenvalue weighted by Gasteiger charge is 2.34. The SMILES string of the molecule is CCCCCCCCCCCC(=O)OC1=CC2CCC1C2. The van der Waals surface area contributed by atoms with E-state index in [0.29, 0.717) is 18.3 Å². The van der Waals surface area contributed by atoms with Gasteiger partial charge in [-0.25, -0.2) is 0 Å². The maximum atomic E-state index is 11.8. The quantitative estimate of drug-likeness (QED) is 0.357. The molecule has 0 aromatic rings. The molecular formula is C19H32O2. The second-order valence-electron chi connectivity index (χ2n) is 6.89. The first-order chi connectivity index (χ1) is 10.3. The molecule has 2 nitrogen and oxygen atoms in total. The van der Waals surface area contributed by atoms with Crippen LogP contribution in [0.25, 0.3) is 0 Å². The molecule has 120 valence electrons. The van der Waals surface area contributed by atoms with E-state index in [1.807, 2.05) is 0 Å². The lowest BCUT2D eigenvalue weighted by Gasteiger charge is -2.13. The summed E-state index contributed by atoms with van der Waals surface area (Å²) >= 11 is 0. The average molecular weight is 292 g/mol. The average Bonchev–Trinajstić information content (AvgIpc) is 3.08. The van der Waals surface area contributed by atoms with Gasteiger partial charge in [0.25, 0.3) is 0 Å². The number of hydrogen-bond donors (Lipinski definition) is 0. The van der Waals surface area contributed by atoms with Gasteiger partial charge in [0.1, 0.15) is 5.76 Å². The van der Waals surface area contributed by atoms with E-state index >= 15 is 0 Å². The monoisotopic (exact) mass is 292 g/mol. The van der Waals surface area contributed by atoms with Crippen molar-refractivity contribution < 1.29 is 9.53 Å². The van der Waals surface area contributed by atoms with Gasteiger partial charge < -0.3 is 4.74 Å². The van der Waals surface area contributed by atoms with E-state index in [1.54, 1.807) is 0 Å². The van der Waals surface area contributed by atoms with Crippen LogP contribution in [-0.4, -0.2) is 5.97 Å². The molecule has 0 aromatic heterocycles. The van der Waals surface area contributed by atoms with Gasteiger partial charge in [-0.3, -0.25) is 4.79 Å². The molecule has 0 N–H and O–H groups in total. The van der Waals surface area contributed by atoms with Crippen molar-refractivity contribution in [2.75, 3.05) is 0 Å². The zero-order valence-corrected chi connectivity index (χ0v) is 13.7. The van der Waals surface area contributed by atoms with Gasteiger partial charge in [0, 0.05) is 12.3 Å². The van der Waals surface area contributed by atoms with E-state index in [0.717, 1.165) is 12.2 Å². The molecule has 0 radical (unpaired) electrons. The molecule has 0 saturated heterocycles. The Morgan fingerprint density at radius 3 is 2.29 bits per heavy atom. The van der Waals surface area contributed by atoms with Crippen molar-refractivity contribution in [2.24, 2.45) is 11.8 Å². The summed E-state index contributed by atoms with van der Waals surface area (Å²) in [6.45, 7) is 2.26. The largest absolute Gasteiger partial charge is 0.431 e. The Balaban J connectivity index is 1.42. The van der Waals surface area contributed by atoms with Crippen LogP contribution >= 0.6 is 0 Å². The predicted octanol–water partition coefficient (Wildman–Crippen LogP) is 5.76. The molecule has 0 spiro atoms. The van der Waals surface area contributed by atoms with Crippen LogP contribution in [0.2, 0.25) is 0 Å². The molecule has 1 saturated carbocycles. The number of unbranched alkanes of at least 4 members (excludes halogenated alkanes) is 8.